The number of aromatic nitrogens is 2. The van der Waals surface area contributed by atoms with Crippen molar-refractivity contribution in [3.8, 4) is 0 Å². The van der Waals surface area contributed by atoms with Gasteiger partial charge in [-0.3, -0.25) is 0 Å². The van der Waals surface area contributed by atoms with Crippen LogP contribution in [0.5, 0.6) is 0 Å². The Morgan fingerprint density at radius 2 is 1.80 bits per heavy atom. The summed E-state index contributed by atoms with van der Waals surface area (Å²) < 4.78 is 0. The lowest BCUT2D eigenvalue weighted by Crippen LogP contribution is -2.42. The summed E-state index contributed by atoms with van der Waals surface area (Å²) in [6.07, 6.45) is 8.50. The summed E-state index contributed by atoms with van der Waals surface area (Å²) in [5.41, 5.74) is 9.69. The van der Waals surface area contributed by atoms with Crippen molar-refractivity contribution in [1.82, 2.24) is 9.97 Å². The van der Waals surface area contributed by atoms with E-state index in [2.05, 4.69) is 37.4 Å². The van der Waals surface area contributed by atoms with Crippen LogP contribution in [0.2, 0.25) is 5.02 Å². The van der Waals surface area contributed by atoms with Crippen LogP contribution in [0, 0.1) is 0 Å². The van der Waals surface area contributed by atoms with Gasteiger partial charge in [-0.2, -0.15) is 0 Å². The van der Waals surface area contributed by atoms with E-state index in [0.29, 0.717) is 11.7 Å². The topological polar surface area (TPSA) is 63.8 Å². The number of nitrogens with one attached hydrogen (secondary N) is 1. The first-order valence-corrected chi connectivity index (χ1v) is 11.1. The molecule has 3 aromatic rings. The third-order valence-electron chi connectivity index (χ3n) is 5.84. The molecule has 156 valence electrons. The second kappa shape index (κ2) is 9.15. The molecule has 3 N–H and O–H groups in total. The molecule has 1 heterocycles. The molecule has 2 unspecified atom stereocenters. The minimum absolute atomic E-state index is 0.158. The highest BCUT2D eigenvalue weighted by Crippen LogP contribution is 2.28. The van der Waals surface area contributed by atoms with Gasteiger partial charge in [0.2, 0.25) is 0 Å². The molecule has 2 atom stereocenters. The van der Waals surface area contributed by atoms with Crippen molar-refractivity contribution in [2.45, 2.75) is 57.5 Å². The molecule has 0 saturated heterocycles. The number of benzene rings is 2. The molecule has 4 nitrogen and oxygen atoms in total. The van der Waals surface area contributed by atoms with Crippen LogP contribution in [0.3, 0.4) is 0 Å². The normalized spacial score (nSPS) is 19.6. The first kappa shape index (κ1) is 20.8. The summed E-state index contributed by atoms with van der Waals surface area (Å²) in [5, 5.41) is 5.44. The zero-order valence-corrected chi connectivity index (χ0v) is 18.4. The van der Waals surface area contributed by atoms with Crippen molar-refractivity contribution in [2.75, 3.05) is 5.32 Å². The third kappa shape index (κ3) is 4.82. The zero-order chi connectivity index (χ0) is 21.1. The highest BCUT2D eigenvalue weighted by molar-refractivity contribution is 6.30. The summed E-state index contributed by atoms with van der Waals surface area (Å²) in [5.74, 6) is 2.01. The molecule has 1 aliphatic rings. The summed E-state index contributed by atoms with van der Waals surface area (Å²) >= 11 is 5.99. The third-order valence-corrected chi connectivity index (χ3v) is 6.09. The van der Waals surface area contributed by atoms with E-state index in [1.54, 1.807) is 0 Å². The molecule has 1 fully saturated rings. The van der Waals surface area contributed by atoms with Crippen molar-refractivity contribution >= 4 is 40.5 Å². The van der Waals surface area contributed by atoms with E-state index < -0.39 is 0 Å². The number of nitrogens with zero attached hydrogens (tertiary/aromatic N) is 2. The highest BCUT2D eigenvalue weighted by Gasteiger charge is 2.23. The number of hydrogen-bond acceptors (Lipinski definition) is 4. The Morgan fingerprint density at radius 1 is 1.03 bits per heavy atom. The summed E-state index contributed by atoms with van der Waals surface area (Å²) in [6, 6.07) is 14.6. The Bertz CT molecular complexity index is 1040. The van der Waals surface area contributed by atoms with E-state index in [1.165, 1.54) is 18.4 Å². The minimum atomic E-state index is 0.158. The average molecular weight is 421 g/mol. The van der Waals surface area contributed by atoms with Gasteiger partial charge in [-0.05, 0) is 60.2 Å². The monoisotopic (exact) mass is 420 g/mol. The maximum absolute atomic E-state index is 6.40. The zero-order valence-electron chi connectivity index (χ0n) is 17.6. The van der Waals surface area contributed by atoms with E-state index in [-0.39, 0.29) is 12.1 Å². The van der Waals surface area contributed by atoms with Gasteiger partial charge in [-0.1, -0.05) is 62.6 Å². The highest BCUT2D eigenvalue weighted by atomic mass is 35.5. The van der Waals surface area contributed by atoms with Gasteiger partial charge in [0.25, 0.3) is 0 Å². The van der Waals surface area contributed by atoms with Crippen LogP contribution in [0.1, 0.15) is 62.4 Å². The number of rotatable bonds is 5. The molecule has 1 saturated carbocycles. The lowest BCUT2D eigenvalue weighted by molar-refractivity contribution is 0.403. The Labute approximate surface area is 183 Å². The molecule has 0 radical (unpaired) electrons. The molecule has 4 rings (SSSR count). The Morgan fingerprint density at radius 3 is 2.53 bits per heavy atom. The number of nitrogens with two attached hydrogens (primary N) is 1. The van der Waals surface area contributed by atoms with Crippen LogP contribution in [-0.4, -0.2) is 22.1 Å². The number of hydrogen-bond donors (Lipinski definition) is 2. The first-order chi connectivity index (χ1) is 14.5. The lowest BCUT2D eigenvalue weighted by atomic mass is 9.91. The molecule has 1 aromatic heterocycles. The fraction of sp³-hybridized carbons (Fsp3) is 0.360. The molecule has 0 spiro atoms. The second-order valence-electron chi connectivity index (χ2n) is 8.45. The van der Waals surface area contributed by atoms with Gasteiger partial charge in [-0.15, -0.1) is 0 Å². The SMILES string of the molecule is CC(C)c1ccc2nc(/C=C\c3ccc(Cl)cc3)nc(NC3CCCCC3N)c2c1. The molecule has 1 aliphatic carbocycles. The smallest absolute Gasteiger partial charge is 0.154 e. The van der Waals surface area contributed by atoms with Crippen molar-refractivity contribution in [3.05, 3.63) is 64.4 Å². The van der Waals surface area contributed by atoms with Crippen LogP contribution in [-0.2, 0) is 0 Å². The molecule has 2 aromatic carbocycles. The fourth-order valence-electron chi connectivity index (χ4n) is 3.97. The molecular weight excluding hydrogens is 392 g/mol. The summed E-state index contributed by atoms with van der Waals surface area (Å²) in [6.45, 7) is 4.41. The largest absolute Gasteiger partial charge is 0.365 e. The van der Waals surface area contributed by atoms with Gasteiger partial charge in [0, 0.05) is 22.5 Å². The molecule has 0 amide bonds. The predicted octanol–water partition coefficient (Wildman–Crippen LogP) is 6.26. The molecule has 30 heavy (non-hydrogen) atoms. The van der Waals surface area contributed by atoms with Crippen LogP contribution < -0.4 is 11.1 Å². The van der Waals surface area contributed by atoms with Gasteiger partial charge in [0.1, 0.15) is 5.82 Å². The molecular formula is C25H29ClN4. The minimum Gasteiger partial charge on any atom is -0.365 e. The number of anilines is 1. The van der Waals surface area contributed by atoms with E-state index >= 15 is 0 Å². The number of fused-ring (bicyclic) bond motifs is 1. The van der Waals surface area contributed by atoms with Crippen molar-refractivity contribution in [1.29, 1.82) is 0 Å². The Kier molecular flexibility index (Phi) is 6.35. The lowest BCUT2D eigenvalue weighted by Gasteiger charge is -2.30. The van der Waals surface area contributed by atoms with Gasteiger partial charge in [0.15, 0.2) is 5.82 Å². The predicted molar refractivity (Wildman–Crippen MR) is 128 cm³/mol. The first-order valence-electron chi connectivity index (χ1n) is 10.8. The van der Waals surface area contributed by atoms with Gasteiger partial charge in [-0.25, -0.2) is 9.97 Å². The van der Waals surface area contributed by atoms with Gasteiger partial charge in [0.05, 0.1) is 5.52 Å². The van der Waals surface area contributed by atoms with Crippen molar-refractivity contribution in [3.63, 3.8) is 0 Å². The second-order valence-corrected chi connectivity index (χ2v) is 8.88. The standard InChI is InChI=1S/C25H29ClN4/c1-16(2)18-10-13-22-20(15-18)25(29-23-6-4-3-5-21(23)27)30-24(28-22)14-9-17-7-11-19(26)12-8-17/h7-16,21,23H,3-6,27H2,1-2H3,(H,28,29,30)/b14-9-. The fourth-order valence-corrected chi connectivity index (χ4v) is 4.09. The molecule has 0 bridgehead atoms. The Hall–Kier alpha value is -2.43. The maximum atomic E-state index is 6.40. The quantitative estimate of drug-likeness (QED) is 0.511. The van der Waals surface area contributed by atoms with E-state index in [4.69, 9.17) is 27.3 Å². The molecule has 0 aliphatic heterocycles. The maximum Gasteiger partial charge on any atom is 0.154 e. The van der Waals surface area contributed by atoms with E-state index in [1.807, 2.05) is 36.4 Å². The summed E-state index contributed by atoms with van der Waals surface area (Å²) in [4.78, 5) is 9.66. The van der Waals surface area contributed by atoms with Crippen molar-refractivity contribution in [2.24, 2.45) is 5.73 Å². The van der Waals surface area contributed by atoms with Crippen LogP contribution in [0.4, 0.5) is 5.82 Å². The van der Waals surface area contributed by atoms with Gasteiger partial charge >= 0.3 is 0 Å². The summed E-state index contributed by atoms with van der Waals surface area (Å²) in [7, 11) is 0. The molecule has 5 heteroatoms. The average Bonchev–Trinajstić information content (AvgIpc) is 2.74. The van der Waals surface area contributed by atoms with Crippen LogP contribution >= 0.6 is 11.6 Å². The van der Waals surface area contributed by atoms with Gasteiger partial charge < -0.3 is 11.1 Å². The van der Waals surface area contributed by atoms with E-state index in [0.717, 1.165) is 40.1 Å². The van der Waals surface area contributed by atoms with Crippen LogP contribution in [0.15, 0.2) is 42.5 Å². The Balaban J connectivity index is 1.72. The van der Waals surface area contributed by atoms with Crippen molar-refractivity contribution < 1.29 is 0 Å². The van der Waals surface area contributed by atoms with E-state index in [9.17, 15) is 0 Å². The number of halogens is 1. The van der Waals surface area contributed by atoms with Crippen LogP contribution in [0.25, 0.3) is 23.1 Å².